The second-order valence-corrected chi connectivity index (χ2v) is 3.62. The Balaban J connectivity index is 2.60. The zero-order valence-corrected chi connectivity index (χ0v) is 10.7. The van der Waals surface area contributed by atoms with E-state index in [0.29, 0.717) is 6.54 Å². The number of rotatable bonds is 5. The van der Waals surface area contributed by atoms with Gasteiger partial charge in [0.25, 0.3) is 0 Å². The van der Waals surface area contributed by atoms with Gasteiger partial charge in [-0.3, -0.25) is 4.99 Å². The predicted molar refractivity (Wildman–Crippen MR) is 71.4 cm³/mol. The second kappa shape index (κ2) is 7.26. The van der Waals surface area contributed by atoms with E-state index in [2.05, 4.69) is 26.7 Å². The van der Waals surface area contributed by atoms with Crippen molar-refractivity contribution in [3.8, 4) is 0 Å². The summed E-state index contributed by atoms with van der Waals surface area (Å²) in [5.41, 5.74) is 2.78. The van der Waals surface area contributed by atoms with Crippen LogP contribution in [0.5, 0.6) is 0 Å². The summed E-state index contributed by atoms with van der Waals surface area (Å²) in [4.78, 5) is 15.9. The van der Waals surface area contributed by atoms with E-state index in [1.807, 2.05) is 13.8 Å². The summed E-state index contributed by atoms with van der Waals surface area (Å²) in [6, 6.07) is -0.185. The SMILES string of the molecule is C=NC(=N)OCC(CC)=NCc1cncnc1C. The van der Waals surface area contributed by atoms with Crippen molar-refractivity contribution in [1.29, 1.82) is 5.41 Å². The lowest BCUT2D eigenvalue weighted by molar-refractivity contribution is 0.353. The van der Waals surface area contributed by atoms with Crippen LogP contribution in [0.1, 0.15) is 24.6 Å². The third-order valence-corrected chi connectivity index (χ3v) is 2.41. The normalized spacial score (nSPS) is 11.1. The van der Waals surface area contributed by atoms with Gasteiger partial charge in [0.05, 0.1) is 6.54 Å². The van der Waals surface area contributed by atoms with Gasteiger partial charge >= 0.3 is 6.02 Å². The van der Waals surface area contributed by atoms with Crippen molar-refractivity contribution in [3.63, 3.8) is 0 Å². The molecule has 18 heavy (non-hydrogen) atoms. The summed E-state index contributed by atoms with van der Waals surface area (Å²) >= 11 is 0. The number of hydrogen-bond donors (Lipinski definition) is 1. The summed E-state index contributed by atoms with van der Waals surface area (Å²) < 4.78 is 5.05. The van der Waals surface area contributed by atoms with Crippen molar-refractivity contribution in [2.75, 3.05) is 6.61 Å². The number of amidine groups is 1. The molecule has 0 unspecified atom stereocenters. The van der Waals surface area contributed by atoms with E-state index >= 15 is 0 Å². The molecule has 0 saturated heterocycles. The lowest BCUT2D eigenvalue weighted by atomic mass is 10.2. The third kappa shape index (κ3) is 4.40. The summed E-state index contributed by atoms with van der Waals surface area (Å²) in [6.45, 7) is 7.91. The number of aromatic nitrogens is 2. The molecule has 0 aromatic carbocycles. The molecule has 0 aliphatic heterocycles. The highest BCUT2D eigenvalue weighted by atomic mass is 16.5. The molecule has 0 bridgehead atoms. The average Bonchev–Trinajstić information content (AvgIpc) is 2.40. The second-order valence-electron chi connectivity index (χ2n) is 3.62. The fourth-order valence-corrected chi connectivity index (χ4v) is 1.23. The first kappa shape index (κ1) is 14.0. The van der Waals surface area contributed by atoms with Crippen LogP contribution in [0.25, 0.3) is 0 Å². The molecule has 1 aromatic heterocycles. The standard InChI is InChI=1S/C12H17N5O/c1-4-11(7-18-12(13)14-3)16-6-10-5-15-8-17-9(10)2/h5,8,13H,3-4,6-7H2,1-2H3. The first-order chi connectivity index (χ1) is 8.67. The van der Waals surface area contributed by atoms with E-state index < -0.39 is 0 Å². The lowest BCUT2D eigenvalue weighted by Gasteiger charge is -2.06. The molecule has 1 aromatic rings. The van der Waals surface area contributed by atoms with E-state index in [0.717, 1.165) is 23.4 Å². The number of nitrogens with zero attached hydrogens (tertiary/aromatic N) is 4. The van der Waals surface area contributed by atoms with Crippen LogP contribution in [0.2, 0.25) is 0 Å². The maximum atomic E-state index is 7.21. The average molecular weight is 247 g/mol. The minimum absolute atomic E-state index is 0.185. The molecule has 0 aliphatic carbocycles. The Morgan fingerprint density at radius 2 is 2.33 bits per heavy atom. The van der Waals surface area contributed by atoms with Crippen LogP contribution in [-0.4, -0.2) is 35.0 Å². The topological polar surface area (TPSA) is 83.6 Å². The highest BCUT2D eigenvalue weighted by Gasteiger charge is 2.02. The van der Waals surface area contributed by atoms with Gasteiger partial charge in [-0.1, -0.05) is 6.92 Å². The fourth-order valence-electron chi connectivity index (χ4n) is 1.23. The quantitative estimate of drug-likeness (QED) is 0.636. The smallest absolute Gasteiger partial charge is 0.308 e. The number of nitrogens with one attached hydrogen (secondary N) is 1. The van der Waals surface area contributed by atoms with Crippen molar-refractivity contribution < 1.29 is 4.74 Å². The van der Waals surface area contributed by atoms with Crippen molar-refractivity contribution >= 4 is 18.5 Å². The Bertz CT molecular complexity index is 456. The van der Waals surface area contributed by atoms with Gasteiger partial charge in [-0.15, -0.1) is 0 Å². The van der Waals surface area contributed by atoms with E-state index in [-0.39, 0.29) is 12.6 Å². The zero-order chi connectivity index (χ0) is 13.4. The number of aryl methyl sites for hydroxylation is 1. The molecule has 1 heterocycles. The van der Waals surface area contributed by atoms with Crippen LogP contribution in [0, 0.1) is 12.3 Å². The Labute approximate surface area is 106 Å². The largest absolute Gasteiger partial charge is 0.458 e. The first-order valence-electron chi connectivity index (χ1n) is 5.63. The van der Waals surface area contributed by atoms with E-state index in [4.69, 9.17) is 10.1 Å². The van der Waals surface area contributed by atoms with Crippen LogP contribution in [0.3, 0.4) is 0 Å². The first-order valence-corrected chi connectivity index (χ1v) is 5.63. The molecule has 0 saturated carbocycles. The Morgan fingerprint density at radius 1 is 1.56 bits per heavy atom. The molecule has 96 valence electrons. The van der Waals surface area contributed by atoms with Gasteiger partial charge in [0.2, 0.25) is 0 Å². The van der Waals surface area contributed by atoms with E-state index in [1.54, 1.807) is 6.20 Å². The van der Waals surface area contributed by atoms with Gasteiger partial charge in [0.1, 0.15) is 12.9 Å². The Morgan fingerprint density at radius 3 is 2.94 bits per heavy atom. The monoisotopic (exact) mass is 247 g/mol. The molecule has 0 aliphatic rings. The van der Waals surface area contributed by atoms with Gasteiger partial charge < -0.3 is 4.74 Å². The van der Waals surface area contributed by atoms with Crippen molar-refractivity contribution in [2.45, 2.75) is 26.8 Å². The maximum absolute atomic E-state index is 7.21. The summed E-state index contributed by atoms with van der Waals surface area (Å²) in [5, 5.41) is 7.21. The molecule has 0 fully saturated rings. The summed E-state index contributed by atoms with van der Waals surface area (Å²) in [6.07, 6.45) is 4.04. The van der Waals surface area contributed by atoms with Crippen molar-refractivity contribution in [3.05, 3.63) is 23.8 Å². The zero-order valence-electron chi connectivity index (χ0n) is 10.7. The maximum Gasteiger partial charge on any atom is 0.308 e. The summed E-state index contributed by atoms with van der Waals surface area (Å²) in [5.74, 6) is 0. The molecule has 6 heteroatoms. The van der Waals surface area contributed by atoms with Gasteiger partial charge in [-0.25, -0.2) is 20.4 Å². The molecule has 0 spiro atoms. The van der Waals surface area contributed by atoms with E-state index in [1.165, 1.54) is 6.33 Å². The molecule has 6 nitrogen and oxygen atoms in total. The molecule has 0 radical (unpaired) electrons. The molecular formula is C12H17N5O. The van der Waals surface area contributed by atoms with Crippen LogP contribution < -0.4 is 0 Å². The molecule has 1 rings (SSSR count). The van der Waals surface area contributed by atoms with Crippen LogP contribution in [0.15, 0.2) is 22.5 Å². The summed E-state index contributed by atoms with van der Waals surface area (Å²) in [7, 11) is 0. The Hall–Kier alpha value is -2.11. The molecule has 0 amide bonds. The van der Waals surface area contributed by atoms with Gasteiger partial charge in [-0.2, -0.15) is 0 Å². The van der Waals surface area contributed by atoms with Crippen LogP contribution in [0.4, 0.5) is 0 Å². The van der Waals surface area contributed by atoms with Crippen LogP contribution >= 0.6 is 0 Å². The number of aliphatic imine (C=N–C) groups is 2. The predicted octanol–water partition coefficient (Wildman–Crippen LogP) is 1.79. The number of hydrogen-bond acceptors (Lipinski definition) is 5. The third-order valence-electron chi connectivity index (χ3n) is 2.41. The van der Waals surface area contributed by atoms with Gasteiger partial charge in [-0.05, 0) is 20.1 Å². The van der Waals surface area contributed by atoms with Crippen LogP contribution in [-0.2, 0) is 11.3 Å². The molecular weight excluding hydrogens is 230 g/mol. The fraction of sp³-hybridized carbons (Fsp3) is 0.417. The highest BCUT2D eigenvalue weighted by Crippen LogP contribution is 2.04. The Kier molecular flexibility index (Phi) is 5.63. The van der Waals surface area contributed by atoms with Crippen molar-refractivity contribution in [2.24, 2.45) is 9.98 Å². The van der Waals surface area contributed by atoms with Gasteiger partial charge in [0.15, 0.2) is 0 Å². The van der Waals surface area contributed by atoms with E-state index in [9.17, 15) is 0 Å². The lowest BCUT2D eigenvalue weighted by Crippen LogP contribution is -2.11. The minimum atomic E-state index is -0.185. The minimum Gasteiger partial charge on any atom is -0.458 e. The highest BCUT2D eigenvalue weighted by molar-refractivity contribution is 5.87. The van der Waals surface area contributed by atoms with Gasteiger partial charge in [0, 0.05) is 23.2 Å². The molecule has 1 N–H and O–H groups in total. The molecule has 0 atom stereocenters. The van der Waals surface area contributed by atoms with Crippen molar-refractivity contribution in [1.82, 2.24) is 9.97 Å². The number of ether oxygens (including phenoxy) is 1.